The molecule has 0 radical (unpaired) electrons. The van der Waals surface area contributed by atoms with E-state index >= 15 is 0 Å². The number of carboxylic acid groups (broad SMARTS) is 1. The van der Waals surface area contributed by atoms with Crippen LogP contribution in [0.3, 0.4) is 0 Å². The fraction of sp³-hybridized carbons (Fsp3) is 0.750. The molecular weight excluding hydrogens is 340 g/mol. The first-order valence-corrected chi connectivity index (χ1v) is 9.03. The number of hydrogen-bond donors (Lipinski definition) is 5. The van der Waals surface area contributed by atoms with Gasteiger partial charge in [0.2, 0.25) is 17.7 Å². The average molecular weight is 368 g/mol. The molecule has 1 amide bonds. The van der Waals surface area contributed by atoms with Gasteiger partial charge in [-0.1, -0.05) is 6.42 Å². The van der Waals surface area contributed by atoms with Crippen molar-refractivity contribution in [3.63, 3.8) is 0 Å². The van der Waals surface area contributed by atoms with Gasteiger partial charge in [0.05, 0.1) is 12.5 Å². The summed E-state index contributed by atoms with van der Waals surface area (Å²) in [7, 11) is 0. The van der Waals surface area contributed by atoms with Crippen molar-refractivity contribution in [2.75, 3.05) is 19.6 Å². The Labute approximate surface area is 152 Å². The molecule has 7 N–H and O–H groups in total. The highest BCUT2D eigenvalue weighted by atomic mass is 16.4. The van der Waals surface area contributed by atoms with Crippen LogP contribution in [0.15, 0.2) is 4.42 Å². The van der Waals surface area contributed by atoms with E-state index in [0.717, 1.165) is 25.9 Å². The maximum atomic E-state index is 12.4. The summed E-state index contributed by atoms with van der Waals surface area (Å²) in [6, 6.07) is -1.30. The van der Waals surface area contributed by atoms with Crippen molar-refractivity contribution >= 4 is 11.9 Å². The largest absolute Gasteiger partial charge is 0.481 e. The Bertz CT molecular complexity index is 587. The van der Waals surface area contributed by atoms with E-state index in [4.69, 9.17) is 21.0 Å². The zero-order valence-corrected chi connectivity index (χ0v) is 14.8. The van der Waals surface area contributed by atoms with Gasteiger partial charge in [-0.3, -0.25) is 9.59 Å². The molecule has 0 bridgehead atoms. The minimum Gasteiger partial charge on any atom is -0.481 e. The van der Waals surface area contributed by atoms with Crippen molar-refractivity contribution in [2.45, 2.75) is 50.6 Å². The summed E-state index contributed by atoms with van der Waals surface area (Å²) in [6.07, 6.45) is 3.42. The molecular formula is C16H28N6O4. The first-order chi connectivity index (χ1) is 12.5. The highest BCUT2D eigenvalue weighted by Crippen LogP contribution is 2.22. The second-order valence-electron chi connectivity index (χ2n) is 6.55. The molecule has 1 aromatic heterocycles. The summed E-state index contributed by atoms with van der Waals surface area (Å²) in [5.41, 5.74) is 11.5. The lowest BCUT2D eigenvalue weighted by molar-refractivity contribution is -0.138. The fourth-order valence-electron chi connectivity index (χ4n) is 2.92. The third-order valence-corrected chi connectivity index (χ3v) is 4.45. The third-order valence-electron chi connectivity index (χ3n) is 4.45. The quantitative estimate of drug-likeness (QED) is 0.352. The molecule has 10 nitrogen and oxygen atoms in total. The van der Waals surface area contributed by atoms with Crippen LogP contribution < -0.4 is 22.1 Å². The van der Waals surface area contributed by atoms with Crippen LogP contribution in [0.5, 0.6) is 0 Å². The summed E-state index contributed by atoms with van der Waals surface area (Å²) in [4.78, 5) is 23.6. The van der Waals surface area contributed by atoms with Crippen LogP contribution in [0.2, 0.25) is 0 Å². The van der Waals surface area contributed by atoms with Gasteiger partial charge in [0.1, 0.15) is 6.04 Å². The Morgan fingerprint density at radius 3 is 2.62 bits per heavy atom. The lowest BCUT2D eigenvalue weighted by atomic mass is 9.96. The molecule has 1 aromatic rings. The molecule has 1 aliphatic heterocycles. The van der Waals surface area contributed by atoms with E-state index < -0.39 is 18.1 Å². The monoisotopic (exact) mass is 368 g/mol. The Hall–Kier alpha value is -2.04. The van der Waals surface area contributed by atoms with Crippen LogP contribution in [0.25, 0.3) is 0 Å². The number of rotatable bonds is 10. The normalized spacial score (nSPS) is 17.6. The molecule has 1 fully saturated rings. The second-order valence-corrected chi connectivity index (χ2v) is 6.55. The Kier molecular flexibility index (Phi) is 7.95. The maximum Gasteiger partial charge on any atom is 0.305 e. The minimum atomic E-state index is -1.06. The second kappa shape index (κ2) is 10.2. The first-order valence-electron chi connectivity index (χ1n) is 9.03. The first kappa shape index (κ1) is 20.3. The number of aromatic nitrogens is 2. The van der Waals surface area contributed by atoms with Gasteiger partial charge in [0, 0.05) is 5.92 Å². The summed E-state index contributed by atoms with van der Waals surface area (Å²) in [5.74, 6) is -1.09. The summed E-state index contributed by atoms with van der Waals surface area (Å²) in [6.45, 7) is 2.12. The van der Waals surface area contributed by atoms with Gasteiger partial charge in [-0.05, 0) is 45.3 Å². The summed E-state index contributed by atoms with van der Waals surface area (Å²) in [5, 5.41) is 22.9. The van der Waals surface area contributed by atoms with Gasteiger partial charge >= 0.3 is 5.97 Å². The van der Waals surface area contributed by atoms with Crippen molar-refractivity contribution in [1.82, 2.24) is 20.8 Å². The molecule has 0 aliphatic carbocycles. The number of unbranched alkanes of at least 4 members (excludes halogenated alkanes) is 1. The van der Waals surface area contributed by atoms with Gasteiger partial charge in [-0.25, -0.2) is 0 Å². The van der Waals surface area contributed by atoms with Gasteiger partial charge < -0.3 is 31.6 Å². The summed E-state index contributed by atoms with van der Waals surface area (Å²) >= 11 is 0. The van der Waals surface area contributed by atoms with Crippen molar-refractivity contribution in [3.8, 4) is 0 Å². The molecule has 2 atom stereocenters. The highest BCUT2D eigenvalue weighted by Gasteiger charge is 2.28. The number of piperidine rings is 1. The predicted octanol–water partition coefficient (Wildman–Crippen LogP) is -0.170. The molecule has 0 unspecified atom stereocenters. The number of hydrogen-bond acceptors (Lipinski definition) is 8. The van der Waals surface area contributed by atoms with E-state index in [2.05, 4.69) is 20.8 Å². The summed E-state index contributed by atoms with van der Waals surface area (Å²) < 4.78 is 5.56. The van der Waals surface area contributed by atoms with Crippen molar-refractivity contribution in [1.29, 1.82) is 0 Å². The van der Waals surface area contributed by atoms with E-state index in [0.29, 0.717) is 25.8 Å². The topological polar surface area (TPSA) is 169 Å². The molecule has 2 heterocycles. The zero-order chi connectivity index (χ0) is 18.9. The zero-order valence-electron chi connectivity index (χ0n) is 14.8. The van der Waals surface area contributed by atoms with E-state index in [9.17, 15) is 9.59 Å². The van der Waals surface area contributed by atoms with E-state index in [1.54, 1.807) is 0 Å². The van der Waals surface area contributed by atoms with E-state index in [1.165, 1.54) is 0 Å². The molecule has 10 heteroatoms. The van der Waals surface area contributed by atoms with Crippen molar-refractivity contribution < 1.29 is 19.1 Å². The molecule has 2 rings (SSSR count). The number of carbonyl (C=O) groups excluding carboxylic acids is 1. The number of amides is 1. The number of nitrogens with two attached hydrogens (primary N) is 2. The van der Waals surface area contributed by atoms with Crippen LogP contribution >= 0.6 is 0 Å². The van der Waals surface area contributed by atoms with Gasteiger partial charge in [0.25, 0.3) is 0 Å². The van der Waals surface area contributed by atoms with Gasteiger partial charge in [-0.2, -0.15) is 0 Å². The Balaban J connectivity index is 2.01. The fourth-order valence-corrected chi connectivity index (χ4v) is 2.92. The predicted molar refractivity (Wildman–Crippen MR) is 92.9 cm³/mol. The SMILES string of the molecule is NCCCC[C@H](N)c1nnc([C@H](CC(=O)O)NC(=O)C2CCNCC2)o1. The average Bonchev–Trinajstić information content (AvgIpc) is 3.12. The van der Waals surface area contributed by atoms with Gasteiger partial charge in [0.15, 0.2) is 0 Å². The molecule has 146 valence electrons. The molecule has 1 saturated heterocycles. The van der Waals surface area contributed by atoms with Crippen LogP contribution in [-0.4, -0.2) is 46.8 Å². The van der Waals surface area contributed by atoms with E-state index in [-0.39, 0.29) is 30.0 Å². The highest BCUT2D eigenvalue weighted by molar-refractivity contribution is 5.80. The van der Waals surface area contributed by atoms with Crippen LogP contribution in [-0.2, 0) is 9.59 Å². The molecule has 0 spiro atoms. The number of nitrogens with one attached hydrogen (secondary N) is 2. The van der Waals surface area contributed by atoms with Gasteiger partial charge in [-0.15, -0.1) is 10.2 Å². The molecule has 26 heavy (non-hydrogen) atoms. The molecule has 0 aromatic carbocycles. The van der Waals surface area contributed by atoms with Crippen LogP contribution in [0.4, 0.5) is 0 Å². The molecule has 0 saturated carbocycles. The third kappa shape index (κ3) is 6.04. The van der Waals surface area contributed by atoms with Crippen molar-refractivity contribution in [3.05, 3.63) is 11.8 Å². The smallest absolute Gasteiger partial charge is 0.305 e. The minimum absolute atomic E-state index is 0.0685. The number of carboxylic acids is 1. The lowest BCUT2D eigenvalue weighted by Crippen LogP contribution is -2.40. The standard InChI is InChI=1S/C16H28N6O4/c17-6-2-1-3-11(18)15-21-22-16(26-15)12(9-13(23)24)20-14(25)10-4-7-19-8-5-10/h10-12,19H,1-9,17-18H2,(H,20,25)(H,23,24)/t11-,12-/m0/s1. The Morgan fingerprint density at radius 1 is 1.27 bits per heavy atom. The van der Waals surface area contributed by atoms with Crippen LogP contribution in [0.1, 0.15) is 62.4 Å². The Morgan fingerprint density at radius 2 is 1.96 bits per heavy atom. The number of carbonyl (C=O) groups is 2. The lowest BCUT2D eigenvalue weighted by Gasteiger charge is -2.23. The van der Waals surface area contributed by atoms with E-state index in [1.807, 2.05) is 0 Å². The maximum absolute atomic E-state index is 12.4. The van der Waals surface area contributed by atoms with Crippen LogP contribution in [0, 0.1) is 5.92 Å². The van der Waals surface area contributed by atoms with Crippen molar-refractivity contribution in [2.24, 2.45) is 17.4 Å². The number of aliphatic carboxylic acids is 1. The molecule has 1 aliphatic rings. The number of nitrogens with zero attached hydrogens (tertiary/aromatic N) is 2.